The fourth-order valence-electron chi connectivity index (χ4n) is 2.08. The van der Waals surface area contributed by atoms with Crippen LogP contribution in [0.5, 0.6) is 0 Å². The Kier molecular flexibility index (Phi) is 9.83. The molecule has 0 fully saturated rings. The largest absolute Gasteiger partial charge is 0.697 e. The van der Waals surface area contributed by atoms with Crippen molar-refractivity contribution in [2.45, 2.75) is 38.2 Å². The summed E-state index contributed by atoms with van der Waals surface area (Å²) in [4.78, 5) is 0. The van der Waals surface area contributed by atoms with Crippen molar-refractivity contribution in [3.63, 3.8) is 0 Å². The van der Waals surface area contributed by atoms with Crippen LogP contribution < -0.4 is 0 Å². The fraction of sp³-hybridized carbons (Fsp3) is 0.625. The molecule has 25 heavy (non-hydrogen) atoms. The third kappa shape index (κ3) is 8.43. The van der Waals surface area contributed by atoms with E-state index in [1.165, 1.54) is 19.8 Å². The molecule has 1 N–H and O–H groups in total. The lowest BCUT2D eigenvalue weighted by atomic mass is 9.95. The third-order valence-electron chi connectivity index (χ3n) is 3.70. The van der Waals surface area contributed by atoms with Crippen molar-refractivity contribution in [2.75, 3.05) is 27.4 Å². The highest BCUT2D eigenvalue weighted by molar-refractivity contribution is 7.33. The molecule has 2 unspecified atom stereocenters. The molecule has 0 aliphatic carbocycles. The van der Waals surface area contributed by atoms with E-state index in [-0.39, 0.29) is 19.6 Å². The van der Waals surface area contributed by atoms with E-state index in [1.54, 1.807) is 0 Å². The van der Waals surface area contributed by atoms with Gasteiger partial charge >= 0.3 is 16.5 Å². The smallest absolute Gasteiger partial charge is 0.385 e. The standard InChI is InChI=1S/C16H26O7P2/c1-13(2)15-7-5-14(6-8-15)9-10-16(17,11-22-24(18)20-3)12-23-25(19)21-4/h5-8,13,17H,9-12H2,1-4H3/q+2. The van der Waals surface area contributed by atoms with Crippen molar-refractivity contribution in [2.24, 2.45) is 0 Å². The van der Waals surface area contributed by atoms with Crippen LogP contribution >= 0.6 is 16.5 Å². The average Bonchev–Trinajstić information content (AvgIpc) is 2.63. The first kappa shape index (κ1) is 22.3. The van der Waals surface area contributed by atoms with Crippen molar-refractivity contribution in [3.05, 3.63) is 35.4 Å². The van der Waals surface area contributed by atoms with Gasteiger partial charge in [-0.25, -0.2) is 0 Å². The summed E-state index contributed by atoms with van der Waals surface area (Å²) >= 11 is 0. The Bertz CT molecular complexity index is 540. The molecule has 2 atom stereocenters. The molecule has 0 aliphatic rings. The van der Waals surface area contributed by atoms with Crippen molar-refractivity contribution in [3.8, 4) is 0 Å². The number of aliphatic hydroxyl groups is 1. The Hall–Kier alpha value is -0.780. The molecule has 7 nitrogen and oxygen atoms in total. The molecule has 0 amide bonds. The Morgan fingerprint density at radius 2 is 1.48 bits per heavy atom. The van der Waals surface area contributed by atoms with E-state index in [0.717, 1.165) is 5.56 Å². The minimum absolute atomic E-state index is 0.271. The highest BCUT2D eigenvalue weighted by Gasteiger charge is 2.37. The van der Waals surface area contributed by atoms with Gasteiger partial charge in [-0.05, 0) is 29.9 Å². The molecule has 0 heterocycles. The predicted molar refractivity (Wildman–Crippen MR) is 94.9 cm³/mol. The quantitative estimate of drug-likeness (QED) is 0.535. The molecule has 0 aliphatic heterocycles. The summed E-state index contributed by atoms with van der Waals surface area (Å²) < 4.78 is 41.6. The summed E-state index contributed by atoms with van der Waals surface area (Å²) in [5, 5.41) is 10.7. The molecular weight excluding hydrogens is 366 g/mol. The average molecular weight is 392 g/mol. The number of benzene rings is 1. The van der Waals surface area contributed by atoms with Gasteiger partial charge in [-0.3, -0.25) is 0 Å². The normalized spacial score (nSPS) is 15.1. The Balaban J connectivity index is 2.70. The van der Waals surface area contributed by atoms with Crippen molar-refractivity contribution in [1.29, 1.82) is 0 Å². The lowest BCUT2D eigenvalue weighted by Gasteiger charge is -2.22. The molecule has 0 radical (unpaired) electrons. The van der Waals surface area contributed by atoms with Gasteiger partial charge in [-0.15, -0.1) is 18.1 Å². The number of rotatable bonds is 12. The zero-order valence-electron chi connectivity index (χ0n) is 15.0. The molecule has 0 aromatic heterocycles. The molecule has 140 valence electrons. The third-order valence-corrected chi connectivity index (χ3v) is 4.98. The lowest BCUT2D eigenvalue weighted by Crippen LogP contribution is -2.39. The predicted octanol–water partition coefficient (Wildman–Crippen LogP) is 4.11. The van der Waals surface area contributed by atoms with E-state index in [2.05, 4.69) is 35.0 Å². The lowest BCUT2D eigenvalue weighted by molar-refractivity contribution is -0.0474. The Morgan fingerprint density at radius 3 is 1.88 bits per heavy atom. The van der Waals surface area contributed by atoms with Crippen molar-refractivity contribution >= 4 is 16.5 Å². The van der Waals surface area contributed by atoms with Crippen LogP contribution in [-0.4, -0.2) is 38.1 Å². The van der Waals surface area contributed by atoms with Crippen LogP contribution in [0.25, 0.3) is 0 Å². The van der Waals surface area contributed by atoms with Crippen LogP contribution in [0.1, 0.15) is 37.3 Å². The van der Waals surface area contributed by atoms with Crippen LogP contribution in [0.3, 0.4) is 0 Å². The van der Waals surface area contributed by atoms with Gasteiger partial charge in [0.1, 0.15) is 18.8 Å². The SMILES string of the molecule is CO[P+](=O)OCC(O)(CCc1ccc(C(C)C)cc1)CO[P+](=O)OC. The highest BCUT2D eigenvalue weighted by atomic mass is 31.1. The summed E-state index contributed by atoms with van der Waals surface area (Å²) in [6, 6.07) is 8.11. The van der Waals surface area contributed by atoms with Crippen molar-refractivity contribution < 1.29 is 32.3 Å². The van der Waals surface area contributed by atoms with E-state index in [4.69, 9.17) is 9.05 Å². The Morgan fingerprint density at radius 1 is 1.00 bits per heavy atom. The van der Waals surface area contributed by atoms with Gasteiger partial charge in [0.05, 0.1) is 14.2 Å². The summed E-state index contributed by atoms with van der Waals surface area (Å²) in [6.45, 7) is 3.70. The molecule has 1 aromatic carbocycles. The van der Waals surface area contributed by atoms with E-state index < -0.39 is 22.1 Å². The summed E-state index contributed by atoms with van der Waals surface area (Å²) in [5.74, 6) is 0.448. The molecule has 1 aromatic rings. The molecule has 9 heteroatoms. The maximum absolute atomic E-state index is 11.3. The monoisotopic (exact) mass is 392 g/mol. The van der Waals surface area contributed by atoms with Gasteiger partial charge in [0.2, 0.25) is 0 Å². The van der Waals surface area contributed by atoms with E-state index in [9.17, 15) is 14.2 Å². The fourth-order valence-corrected chi connectivity index (χ4v) is 2.99. The number of hydrogen-bond donors (Lipinski definition) is 1. The zero-order chi connectivity index (χ0) is 18.9. The van der Waals surface area contributed by atoms with Gasteiger partial charge in [-0.1, -0.05) is 38.1 Å². The molecule has 1 rings (SSSR count). The summed E-state index contributed by atoms with van der Waals surface area (Å²) in [6.07, 6.45) is 0.822. The summed E-state index contributed by atoms with van der Waals surface area (Å²) in [7, 11) is -2.15. The van der Waals surface area contributed by atoms with Gasteiger partial charge in [0.25, 0.3) is 0 Å². The van der Waals surface area contributed by atoms with Gasteiger partial charge in [0.15, 0.2) is 0 Å². The van der Waals surface area contributed by atoms with E-state index in [1.807, 2.05) is 12.1 Å². The maximum atomic E-state index is 11.3. The Labute approximate surface area is 150 Å². The molecule has 0 saturated heterocycles. The molecule has 0 saturated carbocycles. The summed E-state index contributed by atoms with van der Waals surface area (Å²) in [5.41, 5.74) is 0.805. The van der Waals surface area contributed by atoms with Gasteiger partial charge in [0, 0.05) is 9.13 Å². The van der Waals surface area contributed by atoms with Crippen molar-refractivity contribution in [1.82, 2.24) is 0 Å². The topological polar surface area (TPSA) is 91.3 Å². The first-order valence-corrected chi connectivity index (χ1v) is 10.1. The van der Waals surface area contributed by atoms with Crippen LogP contribution in [0.2, 0.25) is 0 Å². The van der Waals surface area contributed by atoms with E-state index >= 15 is 0 Å². The minimum Gasteiger partial charge on any atom is -0.385 e. The van der Waals surface area contributed by atoms with E-state index in [0.29, 0.717) is 12.3 Å². The van der Waals surface area contributed by atoms with Gasteiger partial charge in [-0.2, -0.15) is 0 Å². The van der Waals surface area contributed by atoms with Gasteiger partial charge < -0.3 is 5.11 Å². The minimum atomic E-state index is -2.32. The molecular formula is C16H26O7P2+2. The van der Waals surface area contributed by atoms with Crippen LogP contribution in [0.15, 0.2) is 24.3 Å². The first-order chi connectivity index (χ1) is 11.8. The second-order valence-corrected chi connectivity index (χ2v) is 8.12. The second kappa shape index (κ2) is 11.0. The van der Waals surface area contributed by atoms with Crippen LogP contribution in [0, 0.1) is 0 Å². The van der Waals surface area contributed by atoms with Crippen LogP contribution in [-0.2, 0) is 33.6 Å². The highest BCUT2D eigenvalue weighted by Crippen LogP contribution is 2.30. The number of hydrogen-bond acceptors (Lipinski definition) is 7. The van der Waals surface area contributed by atoms with Crippen LogP contribution in [0.4, 0.5) is 0 Å². The zero-order valence-corrected chi connectivity index (χ0v) is 16.8. The first-order valence-electron chi connectivity index (χ1n) is 7.89. The molecule has 0 spiro atoms. The molecule has 0 bridgehead atoms. The number of aryl methyl sites for hydroxylation is 1. The maximum Gasteiger partial charge on any atom is 0.697 e. The second-order valence-electron chi connectivity index (χ2n) is 5.98.